The smallest absolute Gasteiger partial charge is 0.325 e. The third-order valence-corrected chi connectivity index (χ3v) is 6.82. The molecule has 4 nitrogen and oxygen atoms in total. The molecule has 1 unspecified atom stereocenters. The van der Waals surface area contributed by atoms with E-state index in [4.69, 9.17) is 0 Å². The fourth-order valence-electron chi connectivity index (χ4n) is 2.66. The molecule has 0 aromatic heterocycles. The van der Waals surface area contributed by atoms with Crippen LogP contribution in [0.3, 0.4) is 0 Å². The highest BCUT2D eigenvalue weighted by Gasteiger charge is 2.35. The van der Waals surface area contributed by atoms with Crippen LogP contribution in [0.5, 0.6) is 0 Å². The van der Waals surface area contributed by atoms with E-state index in [1.165, 1.54) is 36.0 Å². The number of carbonyl (C=O) groups excluding carboxylic acids is 2. The van der Waals surface area contributed by atoms with Gasteiger partial charge in [-0.3, -0.25) is 9.59 Å². The molecule has 1 heterocycles. The SMILES string of the molecule is O=C(Nc1ccc(NC(=O)C2CSCCS2)c(C(F)(F)F)c1)c1ccccc1F. The fraction of sp³-hybridized carbons (Fsp3) is 0.263. The monoisotopic (exact) mass is 444 g/mol. The normalized spacial score (nSPS) is 16.9. The topological polar surface area (TPSA) is 58.2 Å². The van der Waals surface area contributed by atoms with Crippen LogP contribution in [0.25, 0.3) is 0 Å². The van der Waals surface area contributed by atoms with Gasteiger partial charge in [0.2, 0.25) is 5.91 Å². The quantitative estimate of drug-likeness (QED) is 0.660. The summed E-state index contributed by atoms with van der Waals surface area (Å²) in [4.78, 5) is 24.5. The molecule has 0 aliphatic carbocycles. The summed E-state index contributed by atoms with van der Waals surface area (Å²) in [5.74, 6) is 0.0515. The fourth-order valence-corrected chi connectivity index (χ4v) is 5.22. The van der Waals surface area contributed by atoms with E-state index in [9.17, 15) is 27.2 Å². The minimum Gasteiger partial charge on any atom is -0.325 e. The number of hydrogen-bond acceptors (Lipinski definition) is 4. The highest BCUT2D eigenvalue weighted by atomic mass is 32.2. The van der Waals surface area contributed by atoms with Gasteiger partial charge in [-0.05, 0) is 30.3 Å². The van der Waals surface area contributed by atoms with Gasteiger partial charge in [0.05, 0.1) is 22.1 Å². The lowest BCUT2D eigenvalue weighted by molar-refractivity contribution is -0.136. The van der Waals surface area contributed by atoms with Gasteiger partial charge in [-0.1, -0.05) is 12.1 Å². The lowest BCUT2D eigenvalue weighted by Crippen LogP contribution is -2.31. The Hall–Kier alpha value is -2.20. The third-order valence-electron chi connectivity index (χ3n) is 4.07. The van der Waals surface area contributed by atoms with Gasteiger partial charge in [0.15, 0.2) is 0 Å². The van der Waals surface area contributed by atoms with Gasteiger partial charge >= 0.3 is 6.18 Å². The first-order valence-corrected chi connectivity index (χ1v) is 10.7. The van der Waals surface area contributed by atoms with Crippen molar-refractivity contribution in [1.82, 2.24) is 0 Å². The molecule has 0 spiro atoms. The van der Waals surface area contributed by atoms with Crippen molar-refractivity contribution < 1.29 is 27.2 Å². The number of rotatable bonds is 4. The second-order valence-electron chi connectivity index (χ2n) is 6.12. The van der Waals surface area contributed by atoms with E-state index >= 15 is 0 Å². The van der Waals surface area contributed by atoms with Crippen LogP contribution in [-0.4, -0.2) is 34.3 Å². The van der Waals surface area contributed by atoms with E-state index in [1.54, 1.807) is 11.8 Å². The molecule has 3 rings (SSSR count). The molecule has 10 heteroatoms. The van der Waals surface area contributed by atoms with Crippen molar-refractivity contribution in [2.75, 3.05) is 27.9 Å². The molecule has 154 valence electrons. The molecule has 0 saturated carbocycles. The molecule has 1 saturated heterocycles. The van der Waals surface area contributed by atoms with Crippen LogP contribution in [0.4, 0.5) is 28.9 Å². The lowest BCUT2D eigenvalue weighted by Gasteiger charge is -2.22. The van der Waals surface area contributed by atoms with E-state index in [2.05, 4.69) is 10.6 Å². The third kappa shape index (κ3) is 5.45. The maximum absolute atomic E-state index is 13.7. The average Bonchev–Trinajstić information content (AvgIpc) is 2.69. The van der Waals surface area contributed by atoms with E-state index < -0.39 is 34.6 Å². The Balaban J connectivity index is 1.81. The molecule has 0 bridgehead atoms. The van der Waals surface area contributed by atoms with E-state index in [0.717, 1.165) is 29.7 Å². The number of alkyl halides is 3. The van der Waals surface area contributed by atoms with Crippen molar-refractivity contribution in [1.29, 1.82) is 0 Å². The molecular weight excluding hydrogens is 428 g/mol. The highest BCUT2D eigenvalue weighted by Crippen LogP contribution is 2.37. The largest absolute Gasteiger partial charge is 0.418 e. The number of benzene rings is 2. The number of nitrogens with one attached hydrogen (secondary N) is 2. The summed E-state index contributed by atoms with van der Waals surface area (Å²) in [5.41, 5.74) is -1.93. The minimum absolute atomic E-state index is 0.161. The van der Waals surface area contributed by atoms with Gasteiger partial charge in [-0.15, -0.1) is 11.8 Å². The highest BCUT2D eigenvalue weighted by molar-refractivity contribution is 8.07. The van der Waals surface area contributed by atoms with Crippen LogP contribution in [0.1, 0.15) is 15.9 Å². The molecule has 2 aromatic rings. The standard InChI is InChI=1S/C19H16F4N2O2S2/c20-14-4-2-1-3-12(14)17(26)24-11-5-6-15(13(9-11)19(21,22)23)25-18(27)16-10-28-7-8-29-16/h1-6,9,16H,7-8,10H2,(H,24,26)(H,25,27). The summed E-state index contributed by atoms with van der Waals surface area (Å²) < 4.78 is 54.2. The van der Waals surface area contributed by atoms with Gasteiger partial charge in [-0.2, -0.15) is 24.9 Å². The molecule has 2 aromatic carbocycles. The van der Waals surface area contributed by atoms with Crippen molar-refractivity contribution in [2.45, 2.75) is 11.4 Å². The van der Waals surface area contributed by atoms with E-state index in [1.807, 2.05) is 0 Å². The number of anilines is 2. The maximum Gasteiger partial charge on any atom is 0.418 e. The summed E-state index contributed by atoms with van der Waals surface area (Å²) in [5, 5.41) is 4.18. The van der Waals surface area contributed by atoms with E-state index in [0.29, 0.717) is 5.75 Å². The Morgan fingerprint density at radius 3 is 2.45 bits per heavy atom. The van der Waals surface area contributed by atoms with Crippen molar-refractivity contribution in [3.8, 4) is 0 Å². The molecule has 1 fully saturated rings. The Morgan fingerprint density at radius 2 is 1.79 bits per heavy atom. The van der Waals surface area contributed by atoms with Gasteiger partial charge in [0, 0.05) is 22.9 Å². The number of amides is 2. The molecule has 1 aliphatic rings. The van der Waals surface area contributed by atoms with Crippen molar-refractivity contribution >= 4 is 46.7 Å². The zero-order valence-corrected chi connectivity index (χ0v) is 16.5. The number of carbonyl (C=O) groups is 2. The lowest BCUT2D eigenvalue weighted by atomic mass is 10.1. The van der Waals surface area contributed by atoms with Crippen molar-refractivity contribution in [3.05, 3.63) is 59.4 Å². The van der Waals surface area contributed by atoms with Crippen LogP contribution in [0, 0.1) is 5.82 Å². The van der Waals surface area contributed by atoms with Gasteiger partial charge in [-0.25, -0.2) is 4.39 Å². The summed E-state index contributed by atoms with van der Waals surface area (Å²) in [7, 11) is 0. The Morgan fingerprint density at radius 1 is 1.03 bits per heavy atom. The first-order chi connectivity index (χ1) is 13.8. The first kappa shape index (κ1) is 21.5. The van der Waals surface area contributed by atoms with Gasteiger partial charge in [0.25, 0.3) is 5.91 Å². The van der Waals surface area contributed by atoms with Crippen LogP contribution in [-0.2, 0) is 11.0 Å². The minimum atomic E-state index is -4.75. The second-order valence-corrected chi connectivity index (χ2v) is 8.58. The number of halogens is 4. The Labute approximate surface area is 172 Å². The van der Waals surface area contributed by atoms with Gasteiger partial charge < -0.3 is 10.6 Å². The second kappa shape index (κ2) is 9.08. The molecule has 1 atom stereocenters. The van der Waals surface area contributed by atoms with Crippen LogP contribution in [0.2, 0.25) is 0 Å². The zero-order chi connectivity index (χ0) is 21.0. The first-order valence-electron chi connectivity index (χ1n) is 8.53. The summed E-state index contributed by atoms with van der Waals surface area (Å²) >= 11 is 2.99. The molecule has 2 amide bonds. The van der Waals surface area contributed by atoms with Crippen LogP contribution in [0.15, 0.2) is 42.5 Å². The summed E-state index contributed by atoms with van der Waals surface area (Å²) in [6, 6.07) is 8.18. The number of hydrogen-bond donors (Lipinski definition) is 2. The molecular formula is C19H16F4N2O2S2. The summed E-state index contributed by atoms with van der Waals surface area (Å²) in [6.07, 6.45) is -4.75. The van der Waals surface area contributed by atoms with E-state index in [-0.39, 0.29) is 16.9 Å². The number of thioether (sulfide) groups is 2. The molecule has 29 heavy (non-hydrogen) atoms. The van der Waals surface area contributed by atoms with Crippen LogP contribution >= 0.6 is 23.5 Å². The Bertz CT molecular complexity index is 915. The summed E-state index contributed by atoms with van der Waals surface area (Å²) in [6.45, 7) is 0. The predicted molar refractivity (Wildman–Crippen MR) is 108 cm³/mol. The van der Waals surface area contributed by atoms with Gasteiger partial charge in [0.1, 0.15) is 5.82 Å². The molecule has 1 aliphatic heterocycles. The van der Waals surface area contributed by atoms with Crippen molar-refractivity contribution in [2.24, 2.45) is 0 Å². The average molecular weight is 444 g/mol. The molecule has 0 radical (unpaired) electrons. The zero-order valence-electron chi connectivity index (χ0n) is 14.9. The maximum atomic E-state index is 13.7. The molecule has 2 N–H and O–H groups in total. The Kier molecular flexibility index (Phi) is 6.74. The van der Waals surface area contributed by atoms with Crippen molar-refractivity contribution in [3.63, 3.8) is 0 Å². The predicted octanol–water partition coefficient (Wildman–Crippen LogP) is 4.88. The van der Waals surface area contributed by atoms with Crippen LogP contribution < -0.4 is 10.6 Å².